The Kier molecular flexibility index (Phi) is 5.34. The van der Waals surface area contributed by atoms with E-state index in [4.69, 9.17) is 0 Å². The van der Waals surface area contributed by atoms with Gasteiger partial charge in [-0.15, -0.1) is 11.3 Å². The number of nitrogens with one attached hydrogen (secondary N) is 2. The number of aryl methyl sites for hydroxylation is 1. The summed E-state index contributed by atoms with van der Waals surface area (Å²) in [5, 5.41) is 7.18. The number of rotatable bonds is 7. The Morgan fingerprint density at radius 2 is 2.00 bits per heavy atom. The minimum Gasteiger partial charge on any atom is -0.312 e. The molecule has 2 heterocycles. The van der Waals surface area contributed by atoms with Gasteiger partial charge in [-0.3, -0.25) is 0 Å². The van der Waals surface area contributed by atoms with E-state index >= 15 is 0 Å². The van der Waals surface area contributed by atoms with Gasteiger partial charge in [0.2, 0.25) is 10.0 Å². The van der Waals surface area contributed by atoms with E-state index in [1.54, 1.807) is 17.4 Å². The van der Waals surface area contributed by atoms with E-state index in [0.29, 0.717) is 17.3 Å². The molecule has 110 valence electrons. The minimum atomic E-state index is -3.41. The van der Waals surface area contributed by atoms with Crippen LogP contribution >= 0.6 is 22.7 Å². The average Bonchev–Trinajstić information content (AvgIpc) is 3.03. The van der Waals surface area contributed by atoms with Gasteiger partial charge in [-0.2, -0.15) is 11.3 Å². The highest BCUT2D eigenvalue weighted by Crippen LogP contribution is 2.22. The third-order valence-electron chi connectivity index (χ3n) is 2.87. The molecule has 0 atom stereocenters. The first-order valence-corrected chi connectivity index (χ1v) is 9.58. The predicted octanol–water partition coefficient (Wildman–Crippen LogP) is 2.71. The Balaban J connectivity index is 2.03. The maximum Gasteiger partial charge on any atom is 0.250 e. The van der Waals surface area contributed by atoms with Crippen LogP contribution in [0.25, 0.3) is 0 Å². The van der Waals surface area contributed by atoms with Crippen molar-refractivity contribution in [2.75, 3.05) is 6.54 Å². The molecule has 0 spiro atoms. The molecule has 0 saturated carbocycles. The van der Waals surface area contributed by atoms with Crippen LogP contribution in [0.15, 0.2) is 27.1 Å². The van der Waals surface area contributed by atoms with Crippen LogP contribution in [-0.4, -0.2) is 15.0 Å². The van der Waals surface area contributed by atoms with Crippen molar-refractivity contribution in [2.45, 2.75) is 31.1 Å². The molecule has 2 N–H and O–H groups in total. The Bertz CT molecular complexity index is 659. The number of sulfonamides is 1. The fraction of sp³-hybridized carbons (Fsp3) is 0.385. The van der Waals surface area contributed by atoms with Crippen LogP contribution in [-0.2, 0) is 23.1 Å². The second-order valence-electron chi connectivity index (χ2n) is 4.41. The van der Waals surface area contributed by atoms with Crippen molar-refractivity contribution in [2.24, 2.45) is 0 Å². The summed E-state index contributed by atoms with van der Waals surface area (Å²) < 4.78 is 27.4. The lowest BCUT2D eigenvalue weighted by atomic mass is 10.2. The molecule has 2 aromatic rings. The Morgan fingerprint density at radius 3 is 2.65 bits per heavy atom. The summed E-state index contributed by atoms with van der Waals surface area (Å²) in [4.78, 5) is 1.03. The van der Waals surface area contributed by atoms with Gasteiger partial charge in [0, 0.05) is 18.0 Å². The van der Waals surface area contributed by atoms with E-state index in [2.05, 4.69) is 10.0 Å². The topological polar surface area (TPSA) is 58.2 Å². The van der Waals surface area contributed by atoms with Crippen molar-refractivity contribution in [1.82, 2.24) is 10.0 Å². The molecular weight excluding hydrogens is 312 g/mol. The predicted molar refractivity (Wildman–Crippen MR) is 84.8 cm³/mol. The van der Waals surface area contributed by atoms with Crippen molar-refractivity contribution in [3.63, 3.8) is 0 Å². The monoisotopic (exact) mass is 330 g/mol. The average molecular weight is 330 g/mol. The fourth-order valence-corrected chi connectivity index (χ4v) is 4.89. The highest BCUT2D eigenvalue weighted by Gasteiger charge is 2.16. The molecule has 0 fully saturated rings. The van der Waals surface area contributed by atoms with Crippen LogP contribution in [0.3, 0.4) is 0 Å². The van der Waals surface area contributed by atoms with Gasteiger partial charge in [0.1, 0.15) is 4.21 Å². The first-order valence-electron chi connectivity index (χ1n) is 6.33. The van der Waals surface area contributed by atoms with Gasteiger partial charge in [-0.1, -0.05) is 6.92 Å². The van der Waals surface area contributed by atoms with Gasteiger partial charge in [0.25, 0.3) is 0 Å². The van der Waals surface area contributed by atoms with Gasteiger partial charge in [-0.25, -0.2) is 13.1 Å². The van der Waals surface area contributed by atoms with Crippen molar-refractivity contribution < 1.29 is 8.42 Å². The fourth-order valence-electron chi connectivity index (χ4n) is 1.66. The molecule has 4 nitrogen and oxygen atoms in total. The van der Waals surface area contributed by atoms with Crippen LogP contribution in [0.1, 0.15) is 22.9 Å². The summed E-state index contributed by atoms with van der Waals surface area (Å²) in [6, 6.07) is 3.53. The molecule has 0 aliphatic heterocycles. The van der Waals surface area contributed by atoms with Crippen LogP contribution < -0.4 is 10.0 Å². The lowest BCUT2D eigenvalue weighted by Crippen LogP contribution is -2.22. The molecular formula is C13H18N2O2S3. The largest absolute Gasteiger partial charge is 0.312 e. The van der Waals surface area contributed by atoms with Crippen LogP contribution in [0, 0.1) is 6.92 Å². The van der Waals surface area contributed by atoms with Crippen molar-refractivity contribution in [3.8, 4) is 0 Å². The summed E-state index contributed by atoms with van der Waals surface area (Å²) in [7, 11) is -3.41. The van der Waals surface area contributed by atoms with Gasteiger partial charge in [0.15, 0.2) is 0 Å². The van der Waals surface area contributed by atoms with E-state index in [1.807, 2.05) is 30.7 Å². The molecule has 0 bridgehead atoms. The van der Waals surface area contributed by atoms with E-state index in [9.17, 15) is 8.42 Å². The zero-order valence-electron chi connectivity index (χ0n) is 11.5. The van der Waals surface area contributed by atoms with Gasteiger partial charge in [-0.05, 0) is 47.5 Å². The van der Waals surface area contributed by atoms with Gasteiger partial charge >= 0.3 is 0 Å². The zero-order chi connectivity index (χ0) is 14.6. The Labute approximate surface area is 127 Å². The summed E-state index contributed by atoms with van der Waals surface area (Å²) in [5.41, 5.74) is 2.15. The third-order valence-corrected chi connectivity index (χ3v) is 6.75. The third kappa shape index (κ3) is 3.89. The van der Waals surface area contributed by atoms with Gasteiger partial charge < -0.3 is 5.32 Å². The number of thiophene rings is 2. The first kappa shape index (κ1) is 15.7. The standard InChI is InChI=1S/C13H18N2O2S3/c1-3-14-7-12-4-5-13(19-12)20(16,17)15-6-11-9-18-8-10(11)2/h4-5,8-9,14-15H,3,6-7H2,1-2H3. The molecule has 0 unspecified atom stereocenters. The lowest BCUT2D eigenvalue weighted by molar-refractivity contribution is 0.583. The Hall–Kier alpha value is -0.730. The molecule has 0 aliphatic carbocycles. The minimum absolute atomic E-state index is 0.345. The SMILES string of the molecule is CCNCc1ccc(S(=O)(=O)NCc2cscc2C)s1. The molecule has 0 saturated heterocycles. The molecule has 20 heavy (non-hydrogen) atoms. The molecule has 0 aliphatic rings. The summed E-state index contributed by atoms with van der Waals surface area (Å²) >= 11 is 2.90. The normalized spacial score (nSPS) is 11.9. The van der Waals surface area contributed by atoms with E-state index < -0.39 is 10.0 Å². The quantitative estimate of drug-likeness (QED) is 0.821. The molecule has 0 radical (unpaired) electrons. The zero-order valence-corrected chi connectivity index (χ0v) is 13.9. The van der Waals surface area contributed by atoms with Crippen molar-refractivity contribution in [1.29, 1.82) is 0 Å². The smallest absolute Gasteiger partial charge is 0.250 e. The maximum atomic E-state index is 12.2. The molecule has 2 aromatic heterocycles. The second kappa shape index (κ2) is 6.82. The van der Waals surface area contributed by atoms with E-state index in [1.165, 1.54) is 11.3 Å². The van der Waals surface area contributed by atoms with Crippen LogP contribution in [0.2, 0.25) is 0 Å². The lowest BCUT2D eigenvalue weighted by Gasteiger charge is -2.04. The number of hydrogen-bond donors (Lipinski definition) is 2. The summed E-state index contributed by atoms with van der Waals surface area (Å²) in [5.74, 6) is 0. The van der Waals surface area contributed by atoms with E-state index in [-0.39, 0.29) is 0 Å². The first-order chi connectivity index (χ1) is 9.53. The highest BCUT2D eigenvalue weighted by atomic mass is 32.2. The van der Waals surface area contributed by atoms with Crippen LogP contribution in [0.5, 0.6) is 0 Å². The van der Waals surface area contributed by atoms with E-state index in [0.717, 1.165) is 22.5 Å². The van der Waals surface area contributed by atoms with Crippen LogP contribution in [0.4, 0.5) is 0 Å². The second-order valence-corrected chi connectivity index (χ2v) is 8.31. The summed E-state index contributed by atoms with van der Waals surface area (Å²) in [6.45, 7) is 5.93. The number of hydrogen-bond acceptors (Lipinski definition) is 5. The van der Waals surface area contributed by atoms with Gasteiger partial charge in [0.05, 0.1) is 0 Å². The summed E-state index contributed by atoms with van der Waals surface area (Å²) in [6.07, 6.45) is 0. The maximum absolute atomic E-state index is 12.2. The molecule has 0 aromatic carbocycles. The highest BCUT2D eigenvalue weighted by molar-refractivity contribution is 7.91. The molecule has 0 amide bonds. The van der Waals surface area contributed by atoms with Crippen molar-refractivity contribution in [3.05, 3.63) is 38.9 Å². The van der Waals surface area contributed by atoms with Crippen molar-refractivity contribution >= 4 is 32.7 Å². The Morgan fingerprint density at radius 1 is 1.20 bits per heavy atom. The molecule has 7 heteroatoms. The molecule has 2 rings (SSSR count).